The van der Waals surface area contributed by atoms with Crippen molar-refractivity contribution < 1.29 is 9.47 Å². The van der Waals surface area contributed by atoms with Crippen molar-refractivity contribution in [3.05, 3.63) is 28.4 Å². The zero-order valence-corrected chi connectivity index (χ0v) is 18.2. The predicted molar refractivity (Wildman–Crippen MR) is 119 cm³/mol. The van der Waals surface area contributed by atoms with Crippen LogP contribution in [0.15, 0.2) is 18.3 Å². The van der Waals surface area contributed by atoms with Gasteiger partial charge < -0.3 is 20.1 Å². The van der Waals surface area contributed by atoms with Gasteiger partial charge in [-0.25, -0.2) is 15.0 Å². The van der Waals surface area contributed by atoms with Crippen LogP contribution in [0.2, 0.25) is 10.0 Å². The number of aromatic nitrogens is 3. The Balaban J connectivity index is 1.70. The van der Waals surface area contributed by atoms with E-state index in [4.69, 9.17) is 48.4 Å². The highest BCUT2D eigenvalue weighted by molar-refractivity contribution is 6.41. The van der Waals surface area contributed by atoms with Gasteiger partial charge in [-0.2, -0.15) is 0 Å². The number of anilines is 2. The number of pyridine rings is 1. The molecule has 1 aromatic carbocycles. The second-order valence-electron chi connectivity index (χ2n) is 7.99. The second-order valence-corrected chi connectivity index (χ2v) is 8.75. The zero-order chi connectivity index (χ0) is 21.0. The summed E-state index contributed by atoms with van der Waals surface area (Å²) in [7, 11) is 3.08. The Bertz CT molecular complexity index is 1130. The Kier molecular flexibility index (Phi) is 4.56. The maximum absolute atomic E-state index is 6.62. The summed E-state index contributed by atoms with van der Waals surface area (Å²) in [6.45, 7) is 1.95. The third-order valence-electron chi connectivity index (χ3n) is 6.15. The molecule has 3 aromatic rings. The molecule has 1 saturated heterocycles. The fourth-order valence-electron chi connectivity index (χ4n) is 4.37. The topological polar surface area (TPSA) is 86.4 Å². The summed E-state index contributed by atoms with van der Waals surface area (Å²) in [5.74, 6) is 2.51. The molecule has 0 unspecified atom stereocenters. The normalized spacial score (nSPS) is 17.0. The molecule has 5 rings (SSSR count). The van der Waals surface area contributed by atoms with Gasteiger partial charge in [0.15, 0.2) is 5.82 Å². The van der Waals surface area contributed by atoms with Crippen LogP contribution in [0.4, 0.5) is 11.6 Å². The molecule has 1 aliphatic carbocycles. The van der Waals surface area contributed by atoms with Crippen LogP contribution in [0, 0.1) is 5.41 Å². The molecule has 0 bridgehead atoms. The van der Waals surface area contributed by atoms with Crippen molar-refractivity contribution in [3.63, 3.8) is 0 Å². The molecule has 1 spiro atoms. The number of methoxy groups -OCH3 is 2. The highest BCUT2D eigenvalue weighted by Crippen LogP contribution is 2.51. The largest absolute Gasteiger partial charge is 0.495 e. The van der Waals surface area contributed by atoms with Gasteiger partial charge in [-0.15, -0.1) is 0 Å². The summed E-state index contributed by atoms with van der Waals surface area (Å²) in [6, 6.07) is 3.46. The van der Waals surface area contributed by atoms with Crippen molar-refractivity contribution in [2.45, 2.75) is 19.3 Å². The number of nitrogens with zero attached hydrogens (tertiary/aromatic N) is 4. The first-order valence-corrected chi connectivity index (χ1v) is 10.5. The van der Waals surface area contributed by atoms with Crippen LogP contribution in [0.3, 0.4) is 0 Å². The number of halogens is 2. The smallest absolute Gasteiger partial charge is 0.165 e. The van der Waals surface area contributed by atoms with Crippen LogP contribution in [-0.4, -0.2) is 42.3 Å². The van der Waals surface area contributed by atoms with Crippen molar-refractivity contribution in [2.24, 2.45) is 5.41 Å². The monoisotopic (exact) mass is 445 g/mol. The van der Waals surface area contributed by atoms with E-state index in [1.165, 1.54) is 33.5 Å². The fourth-order valence-corrected chi connectivity index (χ4v) is 5.04. The second kappa shape index (κ2) is 7.03. The molecule has 0 radical (unpaired) electrons. The summed E-state index contributed by atoms with van der Waals surface area (Å²) in [5.41, 5.74) is 7.53. The van der Waals surface area contributed by atoms with Crippen LogP contribution in [0.5, 0.6) is 11.5 Å². The standard InChI is InChI=1S/C21H21Cl2N5O2/c1-29-13-7-14(30-2)18(23)16(17(13)22)19-26-12-8-25-15(24)6-11(12)20(27-19)28-9-21(10-28)4-3-5-21/h6-8H,3-5,9-10H2,1-2H3,(H2,24,25). The molecule has 2 N–H and O–H groups in total. The molecular weight excluding hydrogens is 425 g/mol. The number of rotatable bonds is 4. The van der Waals surface area contributed by atoms with Gasteiger partial charge in [-0.3, -0.25) is 0 Å². The van der Waals surface area contributed by atoms with Crippen LogP contribution < -0.4 is 20.1 Å². The quantitative estimate of drug-likeness (QED) is 0.628. The van der Waals surface area contributed by atoms with Crippen molar-refractivity contribution in [1.29, 1.82) is 0 Å². The lowest BCUT2D eigenvalue weighted by Crippen LogP contribution is -2.60. The van der Waals surface area contributed by atoms with Gasteiger partial charge >= 0.3 is 0 Å². The summed E-state index contributed by atoms with van der Waals surface area (Å²) in [6.07, 6.45) is 5.49. The molecule has 7 nitrogen and oxygen atoms in total. The van der Waals surface area contributed by atoms with Gasteiger partial charge in [0, 0.05) is 30.0 Å². The van der Waals surface area contributed by atoms with E-state index < -0.39 is 0 Å². The average molecular weight is 446 g/mol. The van der Waals surface area contributed by atoms with Crippen molar-refractivity contribution in [3.8, 4) is 22.9 Å². The molecule has 1 saturated carbocycles. The number of fused-ring (bicyclic) bond motifs is 1. The summed E-state index contributed by atoms with van der Waals surface area (Å²) >= 11 is 13.2. The Morgan fingerprint density at radius 3 is 2.27 bits per heavy atom. The van der Waals surface area contributed by atoms with E-state index in [0.29, 0.717) is 49.7 Å². The van der Waals surface area contributed by atoms with Gasteiger partial charge in [0.2, 0.25) is 0 Å². The zero-order valence-electron chi connectivity index (χ0n) is 16.7. The van der Waals surface area contributed by atoms with E-state index in [1.54, 1.807) is 12.3 Å². The predicted octanol–water partition coefficient (Wildman–Crippen LogP) is 4.59. The van der Waals surface area contributed by atoms with E-state index in [0.717, 1.165) is 24.3 Å². The number of benzene rings is 1. The molecule has 1 aliphatic heterocycles. The molecule has 9 heteroatoms. The number of hydrogen-bond acceptors (Lipinski definition) is 7. The third-order valence-corrected chi connectivity index (χ3v) is 6.90. The van der Waals surface area contributed by atoms with Crippen LogP contribution >= 0.6 is 23.2 Å². The lowest BCUT2D eigenvalue weighted by molar-refractivity contribution is 0.0899. The van der Waals surface area contributed by atoms with Crippen molar-refractivity contribution >= 4 is 45.7 Å². The maximum Gasteiger partial charge on any atom is 0.165 e. The molecule has 3 heterocycles. The summed E-state index contributed by atoms with van der Waals surface area (Å²) < 4.78 is 10.8. The van der Waals surface area contributed by atoms with Gasteiger partial charge in [0.05, 0.1) is 41.5 Å². The van der Waals surface area contributed by atoms with E-state index in [9.17, 15) is 0 Å². The number of nitrogens with two attached hydrogens (primary N) is 1. The van der Waals surface area contributed by atoms with E-state index in [1.807, 2.05) is 6.07 Å². The highest BCUT2D eigenvalue weighted by Gasteiger charge is 2.48. The summed E-state index contributed by atoms with van der Waals surface area (Å²) in [4.78, 5) is 16.1. The molecule has 2 aliphatic rings. The first-order chi connectivity index (χ1) is 14.4. The fraction of sp³-hybridized carbons (Fsp3) is 0.381. The van der Waals surface area contributed by atoms with Crippen LogP contribution in [0.1, 0.15) is 19.3 Å². The number of nitrogen functional groups attached to an aromatic ring is 1. The molecular formula is C21H21Cl2N5O2. The van der Waals surface area contributed by atoms with Crippen LogP contribution in [-0.2, 0) is 0 Å². The van der Waals surface area contributed by atoms with E-state index in [-0.39, 0.29) is 0 Å². The lowest BCUT2D eigenvalue weighted by Gasteiger charge is -2.56. The molecule has 2 aromatic heterocycles. The molecule has 2 fully saturated rings. The molecule has 156 valence electrons. The summed E-state index contributed by atoms with van der Waals surface area (Å²) in [5, 5.41) is 1.52. The highest BCUT2D eigenvalue weighted by atomic mass is 35.5. The van der Waals surface area contributed by atoms with Crippen LogP contribution in [0.25, 0.3) is 22.3 Å². The molecule has 30 heavy (non-hydrogen) atoms. The van der Waals surface area contributed by atoms with E-state index in [2.05, 4.69) is 9.88 Å². The first kappa shape index (κ1) is 19.5. The Hall–Kier alpha value is -2.51. The average Bonchev–Trinajstić information content (AvgIpc) is 2.66. The van der Waals surface area contributed by atoms with Crippen molar-refractivity contribution in [1.82, 2.24) is 15.0 Å². The van der Waals surface area contributed by atoms with Gasteiger partial charge in [0.1, 0.15) is 23.1 Å². The minimum atomic E-state index is 0.330. The SMILES string of the molecule is COc1cc(OC)c(Cl)c(-c2nc(N3CC4(CCC4)C3)c3cc(N)ncc3n2)c1Cl. The van der Waals surface area contributed by atoms with Gasteiger partial charge in [0.25, 0.3) is 0 Å². The Morgan fingerprint density at radius 1 is 1.03 bits per heavy atom. The van der Waals surface area contributed by atoms with E-state index >= 15 is 0 Å². The maximum atomic E-state index is 6.62. The van der Waals surface area contributed by atoms with Gasteiger partial charge in [-0.05, 0) is 18.9 Å². The Morgan fingerprint density at radius 2 is 1.70 bits per heavy atom. The number of hydrogen-bond donors (Lipinski definition) is 1. The number of ether oxygens (including phenoxy) is 2. The van der Waals surface area contributed by atoms with Gasteiger partial charge in [-0.1, -0.05) is 29.6 Å². The molecule has 0 amide bonds. The lowest BCUT2D eigenvalue weighted by atomic mass is 9.63. The Labute approximate surface area is 184 Å². The molecule has 0 atom stereocenters. The minimum Gasteiger partial charge on any atom is -0.495 e. The van der Waals surface area contributed by atoms with Crippen molar-refractivity contribution in [2.75, 3.05) is 37.9 Å². The third kappa shape index (κ3) is 2.91. The minimum absolute atomic E-state index is 0.330. The first-order valence-electron chi connectivity index (χ1n) is 9.73.